The molecular formula is C27H24N4O3S. The zero-order valence-electron chi connectivity index (χ0n) is 19.6. The molecule has 0 saturated carbocycles. The van der Waals surface area contributed by atoms with Crippen LogP contribution in [0.2, 0.25) is 0 Å². The minimum atomic E-state index is -0.357. The first-order valence-corrected chi connectivity index (χ1v) is 12.5. The molecule has 0 saturated heterocycles. The van der Waals surface area contributed by atoms with Crippen LogP contribution >= 0.6 is 11.8 Å². The Hall–Kier alpha value is -3.91. The number of anilines is 1. The van der Waals surface area contributed by atoms with Crippen molar-refractivity contribution in [3.63, 3.8) is 0 Å². The van der Waals surface area contributed by atoms with Gasteiger partial charge in [-0.25, -0.2) is 4.68 Å². The lowest BCUT2D eigenvalue weighted by atomic mass is 9.84. The fraction of sp³-hybridized carbons (Fsp3) is 0.185. The van der Waals surface area contributed by atoms with E-state index in [1.165, 1.54) is 11.8 Å². The predicted octanol–water partition coefficient (Wildman–Crippen LogP) is 5.58. The van der Waals surface area contributed by atoms with Gasteiger partial charge in [-0.05, 0) is 48.2 Å². The first-order chi connectivity index (χ1) is 17.2. The number of aromatic nitrogens is 3. The summed E-state index contributed by atoms with van der Waals surface area (Å²) in [6.45, 7) is 0. The highest BCUT2D eigenvalue weighted by Crippen LogP contribution is 2.51. The maximum absolute atomic E-state index is 6.69. The number of thioether (sulfide) groups is 1. The van der Waals surface area contributed by atoms with Crippen LogP contribution in [0.25, 0.3) is 5.70 Å². The van der Waals surface area contributed by atoms with Crippen molar-refractivity contribution in [3.8, 4) is 17.2 Å². The summed E-state index contributed by atoms with van der Waals surface area (Å²) in [5.74, 6) is 3.10. The lowest BCUT2D eigenvalue weighted by Crippen LogP contribution is -2.32. The monoisotopic (exact) mass is 484 g/mol. The molecule has 0 bridgehead atoms. The second-order valence-corrected chi connectivity index (χ2v) is 9.04. The number of rotatable bonds is 5. The van der Waals surface area contributed by atoms with Crippen molar-refractivity contribution in [3.05, 3.63) is 95.1 Å². The number of nitrogens with one attached hydrogen (secondary N) is 1. The molecule has 8 heteroatoms. The molecule has 6 rings (SSSR count). The third kappa shape index (κ3) is 3.61. The topological polar surface area (TPSA) is 70.4 Å². The summed E-state index contributed by atoms with van der Waals surface area (Å²) in [7, 11) is 3.35. The van der Waals surface area contributed by atoms with Crippen LogP contribution in [0.4, 0.5) is 5.95 Å². The number of ether oxygens (including phenoxy) is 3. The molecule has 0 spiro atoms. The number of hydrogen-bond acceptors (Lipinski definition) is 7. The number of methoxy groups -OCH3 is 2. The largest absolute Gasteiger partial charge is 0.497 e. The van der Waals surface area contributed by atoms with E-state index in [4.69, 9.17) is 24.3 Å². The van der Waals surface area contributed by atoms with Gasteiger partial charge in [-0.2, -0.15) is 4.98 Å². The average Bonchev–Trinajstić information content (AvgIpc) is 3.34. The molecule has 2 aliphatic rings. The van der Waals surface area contributed by atoms with Crippen molar-refractivity contribution in [2.24, 2.45) is 0 Å². The summed E-state index contributed by atoms with van der Waals surface area (Å²) < 4.78 is 19.6. The number of para-hydroxylation sites is 1. The molecule has 1 aromatic heterocycles. The van der Waals surface area contributed by atoms with E-state index >= 15 is 0 Å². The van der Waals surface area contributed by atoms with E-state index in [1.807, 2.05) is 59.5 Å². The summed E-state index contributed by atoms with van der Waals surface area (Å²) in [5.41, 5.74) is 5.12. The Morgan fingerprint density at radius 3 is 2.49 bits per heavy atom. The van der Waals surface area contributed by atoms with Crippen molar-refractivity contribution in [1.29, 1.82) is 0 Å². The van der Waals surface area contributed by atoms with Gasteiger partial charge in [0.15, 0.2) is 0 Å². The summed E-state index contributed by atoms with van der Waals surface area (Å²) in [6, 6.07) is 24.0. The summed E-state index contributed by atoms with van der Waals surface area (Å²) in [4.78, 5) is 4.75. The molecule has 0 amide bonds. The van der Waals surface area contributed by atoms with E-state index in [0.717, 1.165) is 45.2 Å². The smallest absolute Gasteiger partial charge is 0.227 e. The molecule has 0 aliphatic carbocycles. The van der Waals surface area contributed by atoms with Crippen LogP contribution in [0.1, 0.15) is 28.8 Å². The Morgan fingerprint density at radius 1 is 0.914 bits per heavy atom. The first-order valence-electron chi connectivity index (χ1n) is 11.3. The van der Waals surface area contributed by atoms with Crippen LogP contribution < -0.4 is 19.5 Å². The van der Waals surface area contributed by atoms with Gasteiger partial charge in [0.05, 0.1) is 19.9 Å². The third-order valence-electron chi connectivity index (χ3n) is 6.37. The lowest BCUT2D eigenvalue weighted by Gasteiger charge is -2.39. The zero-order valence-corrected chi connectivity index (χ0v) is 20.4. The Kier molecular flexibility index (Phi) is 5.37. The van der Waals surface area contributed by atoms with Crippen molar-refractivity contribution >= 4 is 23.4 Å². The maximum atomic E-state index is 6.69. The van der Waals surface area contributed by atoms with Crippen LogP contribution in [0.5, 0.6) is 17.2 Å². The Bertz CT molecular complexity index is 1430. The highest BCUT2D eigenvalue weighted by atomic mass is 32.2. The lowest BCUT2D eigenvalue weighted by molar-refractivity contribution is 0.222. The van der Waals surface area contributed by atoms with Gasteiger partial charge in [-0.3, -0.25) is 0 Å². The van der Waals surface area contributed by atoms with Gasteiger partial charge in [-0.1, -0.05) is 48.2 Å². The molecule has 0 unspecified atom stereocenters. The normalized spacial score (nSPS) is 18.0. The summed E-state index contributed by atoms with van der Waals surface area (Å²) in [6.07, 6.45) is 1.62. The fourth-order valence-corrected chi connectivity index (χ4v) is 5.08. The van der Waals surface area contributed by atoms with Crippen LogP contribution in [-0.2, 0) is 0 Å². The van der Waals surface area contributed by atoms with E-state index < -0.39 is 0 Å². The van der Waals surface area contributed by atoms with Crippen molar-refractivity contribution in [2.45, 2.75) is 17.3 Å². The second-order valence-electron chi connectivity index (χ2n) is 8.27. The van der Waals surface area contributed by atoms with E-state index in [-0.39, 0.29) is 12.1 Å². The quantitative estimate of drug-likeness (QED) is 0.371. The maximum Gasteiger partial charge on any atom is 0.227 e. The van der Waals surface area contributed by atoms with Gasteiger partial charge in [0.1, 0.15) is 29.4 Å². The molecule has 3 heterocycles. The Labute approximate surface area is 207 Å². The van der Waals surface area contributed by atoms with Crippen LogP contribution in [0, 0.1) is 0 Å². The first kappa shape index (κ1) is 21.6. The number of benzene rings is 3. The highest BCUT2D eigenvalue weighted by Gasteiger charge is 2.41. The molecule has 2 atom stereocenters. The van der Waals surface area contributed by atoms with Gasteiger partial charge >= 0.3 is 0 Å². The van der Waals surface area contributed by atoms with Crippen LogP contribution in [0.3, 0.4) is 0 Å². The molecule has 2 aliphatic heterocycles. The molecule has 35 heavy (non-hydrogen) atoms. The Balaban J connectivity index is 1.61. The number of hydrogen-bond donors (Lipinski definition) is 1. The van der Waals surface area contributed by atoms with Gasteiger partial charge < -0.3 is 19.5 Å². The average molecular weight is 485 g/mol. The van der Waals surface area contributed by atoms with Gasteiger partial charge in [-0.15, -0.1) is 5.10 Å². The predicted molar refractivity (Wildman–Crippen MR) is 136 cm³/mol. The fourth-order valence-electron chi connectivity index (χ4n) is 4.73. The molecular weight excluding hydrogens is 460 g/mol. The molecule has 7 nitrogen and oxygen atoms in total. The summed E-state index contributed by atoms with van der Waals surface area (Å²) in [5, 5.41) is 9.13. The standard InChI is InChI=1S/C27H24N4O3S/c1-32-18-13-11-16(12-14-18)24-22-23(28-26-29-27(35-3)30-31(24)26)20-9-4-5-10-21(20)34-25(22)17-7-6-8-19(15-17)33-2/h4-15,24-25H,1-3H3,(H,28,29,30)/t24-,25-/m0/s1. The number of fused-ring (bicyclic) bond motifs is 3. The minimum Gasteiger partial charge on any atom is -0.497 e. The van der Waals surface area contributed by atoms with E-state index in [1.54, 1.807) is 14.2 Å². The van der Waals surface area contributed by atoms with E-state index in [0.29, 0.717) is 11.1 Å². The molecule has 0 fully saturated rings. The highest BCUT2D eigenvalue weighted by molar-refractivity contribution is 7.98. The van der Waals surface area contributed by atoms with E-state index in [2.05, 4.69) is 29.6 Å². The van der Waals surface area contributed by atoms with Crippen LogP contribution in [0.15, 0.2) is 83.5 Å². The van der Waals surface area contributed by atoms with Crippen molar-refractivity contribution in [1.82, 2.24) is 14.8 Å². The number of nitrogens with zero attached hydrogens (tertiary/aromatic N) is 3. The van der Waals surface area contributed by atoms with Crippen molar-refractivity contribution < 1.29 is 14.2 Å². The minimum absolute atomic E-state index is 0.231. The van der Waals surface area contributed by atoms with E-state index in [9.17, 15) is 0 Å². The Morgan fingerprint density at radius 2 is 1.71 bits per heavy atom. The molecule has 176 valence electrons. The molecule has 3 aromatic carbocycles. The zero-order chi connectivity index (χ0) is 23.9. The van der Waals surface area contributed by atoms with Crippen molar-refractivity contribution in [2.75, 3.05) is 25.8 Å². The van der Waals surface area contributed by atoms with Gasteiger partial charge in [0.2, 0.25) is 11.1 Å². The van der Waals surface area contributed by atoms with Gasteiger partial charge in [0, 0.05) is 16.7 Å². The SMILES string of the molecule is COc1ccc([C@H]2C3=C(Nc4nc(SC)nn42)c2ccccc2O[C@H]3c2cccc(OC)c2)cc1. The van der Waals surface area contributed by atoms with Crippen LogP contribution in [-0.4, -0.2) is 35.2 Å². The summed E-state index contributed by atoms with van der Waals surface area (Å²) >= 11 is 1.52. The third-order valence-corrected chi connectivity index (χ3v) is 6.91. The van der Waals surface area contributed by atoms with Gasteiger partial charge in [0.25, 0.3) is 0 Å². The second kappa shape index (κ2) is 8.70. The molecule has 4 aromatic rings. The molecule has 0 radical (unpaired) electrons. The molecule has 1 N–H and O–H groups in total.